The third kappa shape index (κ3) is 3.80. The second kappa shape index (κ2) is 7.75. The number of hydrogen-bond acceptors (Lipinski definition) is 8. The van der Waals surface area contributed by atoms with Crippen molar-refractivity contribution in [2.24, 2.45) is 5.92 Å². The maximum Gasteiger partial charge on any atom is 0.367 e. The molecular formula is C17H20N5O5P. The summed E-state index contributed by atoms with van der Waals surface area (Å²) in [7, 11) is -2.69. The number of nitrogen functional groups attached to an aromatic ring is 1. The number of aromatic amines is 1. The van der Waals surface area contributed by atoms with Crippen LogP contribution in [0, 0.1) is 5.92 Å². The van der Waals surface area contributed by atoms with Gasteiger partial charge >= 0.3 is 8.25 Å². The number of anilines is 1. The highest BCUT2D eigenvalue weighted by molar-refractivity contribution is 7.33. The van der Waals surface area contributed by atoms with Gasteiger partial charge in [0.15, 0.2) is 11.2 Å². The van der Waals surface area contributed by atoms with Gasteiger partial charge in [-0.1, -0.05) is 25.1 Å². The highest BCUT2D eigenvalue weighted by Crippen LogP contribution is 2.37. The van der Waals surface area contributed by atoms with E-state index in [9.17, 15) is 9.36 Å². The Kier molecular flexibility index (Phi) is 5.17. The fraction of sp³-hybridized carbons (Fsp3) is 0.353. The molecule has 0 bridgehead atoms. The van der Waals surface area contributed by atoms with E-state index in [4.69, 9.17) is 19.5 Å². The number of benzene rings is 1. The van der Waals surface area contributed by atoms with E-state index < -0.39 is 13.8 Å². The Morgan fingerprint density at radius 3 is 2.96 bits per heavy atom. The largest absolute Gasteiger partial charge is 0.426 e. The van der Waals surface area contributed by atoms with Gasteiger partial charge in [-0.3, -0.25) is 18.9 Å². The lowest BCUT2D eigenvalue weighted by Crippen LogP contribution is -2.17. The van der Waals surface area contributed by atoms with Crippen molar-refractivity contribution in [3.8, 4) is 5.75 Å². The normalized spacial score (nSPS) is 23.1. The van der Waals surface area contributed by atoms with Crippen LogP contribution in [-0.2, 0) is 13.8 Å². The predicted molar refractivity (Wildman–Crippen MR) is 102 cm³/mol. The molecule has 1 aromatic carbocycles. The number of para-hydroxylation sites is 1. The number of fused-ring (bicyclic) bond motifs is 1. The lowest BCUT2D eigenvalue weighted by atomic mass is 10.1. The molecule has 28 heavy (non-hydrogen) atoms. The molecule has 1 fully saturated rings. The molecule has 4 atom stereocenters. The molecule has 4 rings (SSSR count). The first-order chi connectivity index (χ1) is 13.5. The average Bonchev–Trinajstić information content (AvgIpc) is 3.24. The Hall–Kier alpha value is -2.68. The average molecular weight is 405 g/mol. The zero-order valence-electron chi connectivity index (χ0n) is 15.1. The fourth-order valence-corrected chi connectivity index (χ4v) is 3.98. The van der Waals surface area contributed by atoms with E-state index in [2.05, 4.69) is 15.0 Å². The first-order valence-corrected chi connectivity index (χ1v) is 10.0. The number of H-pyrrole nitrogens is 1. The number of imidazole rings is 1. The molecule has 1 saturated heterocycles. The summed E-state index contributed by atoms with van der Waals surface area (Å²) >= 11 is 0. The second-order valence-corrected chi connectivity index (χ2v) is 7.61. The molecule has 2 aromatic heterocycles. The maximum absolute atomic E-state index is 12.0. The van der Waals surface area contributed by atoms with Crippen LogP contribution in [0.4, 0.5) is 5.95 Å². The summed E-state index contributed by atoms with van der Waals surface area (Å²) in [6.07, 6.45) is 1.54. The van der Waals surface area contributed by atoms with E-state index in [0.717, 1.165) is 0 Å². The lowest BCUT2D eigenvalue weighted by molar-refractivity contribution is -0.0253. The van der Waals surface area contributed by atoms with Crippen LogP contribution in [0.2, 0.25) is 0 Å². The minimum atomic E-state index is -2.69. The number of nitrogens with zero attached hydrogens (tertiary/aromatic N) is 3. The molecule has 148 valence electrons. The summed E-state index contributed by atoms with van der Waals surface area (Å²) in [6, 6.07) is 8.84. The van der Waals surface area contributed by atoms with Crippen LogP contribution in [0.15, 0.2) is 41.5 Å². The molecule has 3 N–H and O–H groups in total. The number of hydrogen-bond donors (Lipinski definition) is 2. The third-order valence-corrected chi connectivity index (χ3v) is 5.31. The fourth-order valence-electron chi connectivity index (χ4n) is 3.27. The Morgan fingerprint density at radius 1 is 1.39 bits per heavy atom. The second-order valence-electron chi connectivity index (χ2n) is 6.61. The van der Waals surface area contributed by atoms with Gasteiger partial charge in [-0.2, -0.15) is 4.98 Å². The van der Waals surface area contributed by atoms with Crippen molar-refractivity contribution in [1.29, 1.82) is 0 Å². The molecule has 0 saturated carbocycles. The number of aromatic nitrogens is 4. The van der Waals surface area contributed by atoms with Gasteiger partial charge in [-0.25, -0.2) is 9.55 Å². The zero-order valence-corrected chi connectivity index (χ0v) is 16.1. The van der Waals surface area contributed by atoms with Crippen LogP contribution in [0.1, 0.15) is 19.6 Å². The van der Waals surface area contributed by atoms with Crippen LogP contribution in [-0.4, -0.2) is 32.2 Å². The summed E-state index contributed by atoms with van der Waals surface area (Å²) in [5.41, 5.74) is 5.81. The van der Waals surface area contributed by atoms with Gasteiger partial charge in [-0.15, -0.1) is 0 Å². The van der Waals surface area contributed by atoms with Crippen LogP contribution in [0.5, 0.6) is 5.75 Å². The Bertz CT molecular complexity index is 1050. The Morgan fingerprint density at radius 2 is 2.18 bits per heavy atom. The van der Waals surface area contributed by atoms with Gasteiger partial charge in [0.2, 0.25) is 5.95 Å². The van der Waals surface area contributed by atoms with Gasteiger partial charge in [0.05, 0.1) is 19.0 Å². The van der Waals surface area contributed by atoms with Crippen molar-refractivity contribution in [2.45, 2.75) is 25.7 Å². The highest BCUT2D eigenvalue weighted by Gasteiger charge is 2.35. The highest BCUT2D eigenvalue weighted by atomic mass is 31.1. The molecule has 0 radical (unpaired) electrons. The van der Waals surface area contributed by atoms with Gasteiger partial charge in [0.25, 0.3) is 5.56 Å². The van der Waals surface area contributed by atoms with E-state index in [0.29, 0.717) is 17.8 Å². The minimum Gasteiger partial charge on any atom is -0.426 e. The zero-order chi connectivity index (χ0) is 19.7. The van der Waals surface area contributed by atoms with E-state index in [1.54, 1.807) is 28.8 Å². The van der Waals surface area contributed by atoms with Gasteiger partial charge in [-0.05, 0) is 18.6 Å². The molecule has 1 aliphatic heterocycles. The first kappa shape index (κ1) is 18.7. The first-order valence-electron chi connectivity index (χ1n) is 8.78. The van der Waals surface area contributed by atoms with Crippen LogP contribution >= 0.6 is 8.25 Å². The monoisotopic (exact) mass is 405 g/mol. The topological polar surface area (TPSA) is 134 Å². The number of rotatable bonds is 6. The summed E-state index contributed by atoms with van der Waals surface area (Å²) in [5, 5.41) is 0. The molecule has 0 aliphatic carbocycles. The molecule has 3 heterocycles. The van der Waals surface area contributed by atoms with Gasteiger partial charge in [0, 0.05) is 5.92 Å². The van der Waals surface area contributed by atoms with Crippen molar-refractivity contribution in [3.05, 3.63) is 47.0 Å². The van der Waals surface area contributed by atoms with Crippen LogP contribution in [0.25, 0.3) is 11.2 Å². The molecule has 11 heteroatoms. The van der Waals surface area contributed by atoms with E-state index in [-0.39, 0.29) is 36.3 Å². The van der Waals surface area contributed by atoms with Gasteiger partial charge < -0.3 is 15.0 Å². The molecule has 0 amide bonds. The summed E-state index contributed by atoms with van der Waals surface area (Å²) in [4.78, 5) is 22.6. The molecule has 1 aliphatic rings. The van der Waals surface area contributed by atoms with Crippen molar-refractivity contribution < 1.29 is 18.3 Å². The SMILES string of the molecule is C[C@H]1C[C@@H](CO[PH](=O)Oc2ccccc2)OC1n1cnc2c(=O)[nH]c(N)nc21. The predicted octanol–water partition coefficient (Wildman–Crippen LogP) is 2.11. The Balaban J connectivity index is 1.41. The van der Waals surface area contributed by atoms with Crippen molar-refractivity contribution >= 4 is 25.4 Å². The third-order valence-electron chi connectivity index (χ3n) is 4.51. The van der Waals surface area contributed by atoms with Crippen LogP contribution in [0.3, 0.4) is 0 Å². The maximum atomic E-state index is 12.0. The Labute approximate surface area is 160 Å². The smallest absolute Gasteiger partial charge is 0.367 e. The van der Waals surface area contributed by atoms with E-state index in [1.165, 1.54) is 6.33 Å². The van der Waals surface area contributed by atoms with Crippen molar-refractivity contribution in [2.75, 3.05) is 12.3 Å². The number of nitrogens with two attached hydrogens (primary N) is 1. The molecule has 3 aromatic rings. The van der Waals surface area contributed by atoms with Crippen molar-refractivity contribution in [3.63, 3.8) is 0 Å². The standard InChI is InChI=1S/C17H20N5O5P/c1-10-7-12(8-25-28(24)27-11-5-3-2-4-6-11)26-16(10)22-9-19-13-14(22)20-17(18)21-15(13)23/h2-6,9-10,12,16,28H,7-8H2,1H3,(H3,18,20,21,23)/t10-,12-,16?/m0/s1. The van der Waals surface area contributed by atoms with Crippen LogP contribution < -0.4 is 15.8 Å². The molecule has 0 spiro atoms. The van der Waals surface area contributed by atoms with Gasteiger partial charge in [0.1, 0.15) is 12.0 Å². The summed E-state index contributed by atoms with van der Waals surface area (Å²) in [6.45, 7) is 2.14. The minimum absolute atomic E-state index is 0.0152. The van der Waals surface area contributed by atoms with E-state index >= 15 is 0 Å². The lowest BCUT2D eigenvalue weighted by Gasteiger charge is -2.17. The van der Waals surface area contributed by atoms with Crippen molar-refractivity contribution in [1.82, 2.24) is 19.5 Å². The molecule has 2 unspecified atom stereocenters. The molecule has 10 nitrogen and oxygen atoms in total. The number of ether oxygens (including phenoxy) is 1. The van der Waals surface area contributed by atoms with E-state index in [1.807, 2.05) is 13.0 Å². The number of nitrogens with one attached hydrogen (secondary N) is 1. The molecular weight excluding hydrogens is 385 g/mol. The summed E-state index contributed by atoms with van der Waals surface area (Å²) in [5.74, 6) is 0.607. The quantitative estimate of drug-likeness (QED) is 0.596. The summed E-state index contributed by atoms with van der Waals surface area (Å²) < 4.78 is 30.4.